The van der Waals surface area contributed by atoms with Crippen LogP contribution in [0.3, 0.4) is 0 Å². The van der Waals surface area contributed by atoms with Crippen LogP contribution < -0.4 is 0 Å². The van der Waals surface area contributed by atoms with Gasteiger partial charge in [-0.15, -0.1) is 0 Å². The average molecular weight is 309 g/mol. The quantitative estimate of drug-likeness (QED) is 0.550. The second-order valence-electron chi connectivity index (χ2n) is 7.04. The van der Waals surface area contributed by atoms with Crippen molar-refractivity contribution >= 4 is 5.57 Å². The SMILES string of the molecule is CCC=CC(C)(C(C)CC)C1CC=C(C)C=C1c1ccccn1. The van der Waals surface area contributed by atoms with E-state index in [4.69, 9.17) is 0 Å². The molecule has 0 N–H and O–H groups in total. The van der Waals surface area contributed by atoms with Gasteiger partial charge in [0.25, 0.3) is 0 Å². The Morgan fingerprint density at radius 2 is 2.13 bits per heavy atom. The highest BCUT2D eigenvalue weighted by Gasteiger charge is 2.39. The molecule has 23 heavy (non-hydrogen) atoms. The van der Waals surface area contributed by atoms with Gasteiger partial charge in [-0.1, -0.05) is 70.1 Å². The van der Waals surface area contributed by atoms with E-state index in [0.29, 0.717) is 11.8 Å². The molecule has 1 heterocycles. The molecule has 0 radical (unpaired) electrons. The van der Waals surface area contributed by atoms with Crippen LogP contribution in [0, 0.1) is 17.3 Å². The third-order valence-corrected chi connectivity index (χ3v) is 5.53. The Hall–Kier alpha value is -1.63. The fourth-order valence-corrected chi connectivity index (χ4v) is 3.65. The van der Waals surface area contributed by atoms with Gasteiger partial charge in [-0.05, 0) is 54.7 Å². The van der Waals surface area contributed by atoms with Crippen LogP contribution in [0.25, 0.3) is 5.57 Å². The molecule has 1 heteroatoms. The zero-order chi connectivity index (χ0) is 16.9. The Balaban J connectivity index is 2.49. The summed E-state index contributed by atoms with van der Waals surface area (Å²) in [7, 11) is 0. The van der Waals surface area contributed by atoms with E-state index >= 15 is 0 Å². The summed E-state index contributed by atoms with van der Waals surface area (Å²) in [5.74, 6) is 1.12. The van der Waals surface area contributed by atoms with Crippen LogP contribution in [0.2, 0.25) is 0 Å². The van der Waals surface area contributed by atoms with Gasteiger partial charge in [-0.3, -0.25) is 4.98 Å². The third kappa shape index (κ3) is 3.83. The maximum absolute atomic E-state index is 4.65. The summed E-state index contributed by atoms with van der Waals surface area (Å²) in [4.78, 5) is 4.65. The van der Waals surface area contributed by atoms with Crippen LogP contribution >= 0.6 is 0 Å². The summed E-state index contributed by atoms with van der Waals surface area (Å²) in [5.41, 5.74) is 4.04. The molecule has 0 bridgehead atoms. The Labute approximate surface area is 142 Å². The predicted molar refractivity (Wildman–Crippen MR) is 101 cm³/mol. The second kappa shape index (κ2) is 7.77. The van der Waals surface area contributed by atoms with Gasteiger partial charge in [0.2, 0.25) is 0 Å². The van der Waals surface area contributed by atoms with Crippen LogP contribution in [0.1, 0.15) is 59.6 Å². The maximum Gasteiger partial charge on any atom is 0.0664 e. The number of pyridine rings is 1. The van der Waals surface area contributed by atoms with Gasteiger partial charge in [-0.25, -0.2) is 0 Å². The van der Waals surface area contributed by atoms with Crippen LogP contribution in [-0.2, 0) is 0 Å². The molecule has 0 saturated carbocycles. The number of hydrogen-bond donors (Lipinski definition) is 0. The molecule has 0 fully saturated rings. The van der Waals surface area contributed by atoms with E-state index in [1.807, 2.05) is 12.3 Å². The highest BCUT2D eigenvalue weighted by molar-refractivity contribution is 5.70. The normalized spacial score (nSPS) is 22.4. The first-order valence-electron chi connectivity index (χ1n) is 9.00. The minimum absolute atomic E-state index is 0.158. The van der Waals surface area contributed by atoms with Crippen molar-refractivity contribution in [2.24, 2.45) is 17.3 Å². The molecule has 124 valence electrons. The van der Waals surface area contributed by atoms with Crippen molar-refractivity contribution in [1.29, 1.82) is 0 Å². The minimum atomic E-state index is 0.158. The maximum atomic E-state index is 4.65. The molecule has 1 aliphatic carbocycles. The van der Waals surface area contributed by atoms with Gasteiger partial charge in [0.05, 0.1) is 5.69 Å². The molecular formula is C22H31N. The lowest BCUT2D eigenvalue weighted by Gasteiger charge is -2.42. The topological polar surface area (TPSA) is 12.9 Å². The molecule has 0 saturated heterocycles. The summed E-state index contributed by atoms with van der Waals surface area (Å²) in [6.45, 7) is 11.5. The van der Waals surface area contributed by atoms with Crippen molar-refractivity contribution in [3.8, 4) is 0 Å². The van der Waals surface area contributed by atoms with Crippen molar-refractivity contribution in [2.75, 3.05) is 0 Å². The fraction of sp³-hybridized carbons (Fsp3) is 0.500. The number of hydrogen-bond acceptors (Lipinski definition) is 1. The van der Waals surface area contributed by atoms with Crippen LogP contribution in [0.15, 0.2) is 54.3 Å². The molecule has 0 spiro atoms. The second-order valence-corrected chi connectivity index (χ2v) is 7.04. The summed E-state index contributed by atoms with van der Waals surface area (Å²) in [6, 6.07) is 6.24. The first kappa shape index (κ1) is 17.7. The van der Waals surface area contributed by atoms with Gasteiger partial charge in [0.1, 0.15) is 0 Å². The van der Waals surface area contributed by atoms with E-state index in [-0.39, 0.29) is 5.41 Å². The van der Waals surface area contributed by atoms with E-state index in [0.717, 1.165) is 18.5 Å². The van der Waals surface area contributed by atoms with Crippen molar-refractivity contribution < 1.29 is 0 Å². The number of rotatable bonds is 6. The standard InChI is InChI=1S/C22H31N/c1-6-8-14-22(5,18(4)7-2)20-13-12-17(3)16-19(20)21-11-9-10-15-23-21/h8-12,14-16,18,20H,6-7,13H2,1-5H3. The predicted octanol–water partition coefficient (Wildman–Crippen LogP) is 6.45. The third-order valence-electron chi connectivity index (χ3n) is 5.53. The van der Waals surface area contributed by atoms with Gasteiger partial charge in [-0.2, -0.15) is 0 Å². The summed E-state index contributed by atoms with van der Waals surface area (Å²) < 4.78 is 0. The highest BCUT2D eigenvalue weighted by atomic mass is 14.7. The Morgan fingerprint density at radius 3 is 2.74 bits per heavy atom. The van der Waals surface area contributed by atoms with E-state index < -0.39 is 0 Å². The van der Waals surface area contributed by atoms with E-state index in [2.05, 4.69) is 76.0 Å². The lowest BCUT2D eigenvalue weighted by atomic mass is 9.62. The zero-order valence-electron chi connectivity index (χ0n) is 15.3. The number of nitrogens with zero attached hydrogens (tertiary/aromatic N) is 1. The Morgan fingerprint density at radius 1 is 1.35 bits per heavy atom. The molecule has 1 aromatic heterocycles. The Kier molecular flexibility index (Phi) is 5.98. The molecule has 3 atom stereocenters. The molecule has 3 unspecified atom stereocenters. The summed E-state index contributed by atoms with van der Waals surface area (Å²) in [5, 5.41) is 0. The molecule has 1 aromatic rings. The molecule has 1 aliphatic rings. The number of aromatic nitrogens is 1. The number of allylic oxidation sites excluding steroid dienone is 6. The highest BCUT2D eigenvalue weighted by Crippen LogP contribution is 2.49. The lowest BCUT2D eigenvalue weighted by Crippen LogP contribution is -2.34. The molecule has 0 aromatic carbocycles. The minimum Gasteiger partial charge on any atom is -0.257 e. The largest absolute Gasteiger partial charge is 0.257 e. The van der Waals surface area contributed by atoms with Gasteiger partial charge in [0.15, 0.2) is 0 Å². The van der Waals surface area contributed by atoms with Crippen LogP contribution in [0.5, 0.6) is 0 Å². The fourth-order valence-electron chi connectivity index (χ4n) is 3.65. The van der Waals surface area contributed by atoms with E-state index in [1.165, 1.54) is 17.6 Å². The first-order chi connectivity index (χ1) is 11.0. The van der Waals surface area contributed by atoms with Crippen molar-refractivity contribution in [2.45, 2.75) is 53.9 Å². The van der Waals surface area contributed by atoms with Crippen LogP contribution in [0.4, 0.5) is 0 Å². The smallest absolute Gasteiger partial charge is 0.0664 e. The monoisotopic (exact) mass is 309 g/mol. The average Bonchev–Trinajstić information content (AvgIpc) is 2.59. The van der Waals surface area contributed by atoms with Crippen molar-refractivity contribution in [3.63, 3.8) is 0 Å². The van der Waals surface area contributed by atoms with Gasteiger partial charge in [0, 0.05) is 6.20 Å². The Bertz CT molecular complexity index is 594. The van der Waals surface area contributed by atoms with E-state index in [9.17, 15) is 0 Å². The first-order valence-corrected chi connectivity index (χ1v) is 9.00. The zero-order valence-corrected chi connectivity index (χ0v) is 15.3. The van der Waals surface area contributed by atoms with E-state index in [1.54, 1.807) is 0 Å². The lowest BCUT2D eigenvalue weighted by molar-refractivity contribution is 0.200. The molecule has 0 amide bonds. The summed E-state index contributed by atoms with van der Waals surface area (Å²) in [6.07, 6.45) is 14.8. The van der Waals surface area contributed by atoms with Gasteiger partial charge >= 0.3 is 0 Å². The molecule has 1 nitrogen and oxygen atoms in total. The van der Waals surface area contributed by atoms with Crippen LogP contribution in [-0.4, -0.2) is 4.98 Å². The van der Waals surface area contributed by atoms with Crippen molar-refractivity contribution in [3.05, 3.63) is 60.0 Å². The van der Waals surface area contributed by atoms with Crippen molar-refractivity contribution in [1.82, 2.24) is 4.98 Å². The molecule has 2 rings (SSSR count). The summed E-state index contributed by atoms with van der Waals surface area (Å²) >= 11 is 0. The van der Waals surface area contributed by atoms with Gasteiger partial charge < -0.3 is 0 Å². The molecule has 0 aliphatic heterocycles. The molecular weight excluding hydrogens is 278 g/mol.